The number of thioether (sulfide) groups is 1. The summed E-state index contributed by atoms with van der Waals surface area (Å²) in [5.41, 5.74) is 1.52. The van der Waals surface area contributed by atoms with Crippen LogP contribution in [0, 0.1) is 0 Å². The normalized spacial score (nSPS) is 11.2. The van der Waals surface area contributed by atoms with Crippen molar-refractivity contribution >= 4 is 62.8 Å². The molecule has 0 aliphatic heterocycles. The molecule has 0 unspecified atom stereocenters. The molecule has 2 heterocycles. The number of benzene rings is 2. The average molecular weight is 440 g/mol. The first-order valence-electron chi connectivity index (χ1n) is 9.12. The van der Waals surface area contributed by atoms with Crippen molar-refractivity contribution in [1.29, 1.82) is 0 Å². The first-order valence-corrected chi connectivity index (χ1v) is 10.7. The Bertz CT molecular complexity index is 1340. The molecular weight excluding hydrogens is 422 g/mol. The van der Waals surface area contributed by atoms with Crippen LogP contribution in [-0.4, -0.2) is 33.9 Å². The van der Waals surface area contributed by atoms with Crippen molar-refractivity contribution in [2.45, 2.75) is 11.4 Å². The predicted octanol–water partition coefficient (Wildman–Crippen LogP) is 4.78. The molecule has 4 rings (SSSR count). The molecule has 0 atom stereocenters. The van der Waals surface area contributed by atoms with Gasteiger partial charge in [-0.2, -0.15) is 0 Å². The fourth-order valence-electron chi connectivity index (χ4n) is 3.52. The Morgan fingerprint density at radius 1 is 1.13 bits per heavy atom. The van der Waals surface area contributed by atoms with Crippen LogP contribution in [0.3, 0.4) is 0 Å². The quantitative estimate of drug-likeness (QED) is 0.356. The maximum atomic E-state index is 13.2. The number of carboxylic acid groups (broad SMARTS) is 1. The third kappa shape index (κ3) is 3.40. The molecule has 0 saturated heterocycles. The molecule has 0 radical (unpaired) electrons. The zero-order valence-corrected chi connectivity index (χ0v) is 17.9. The number of halogens is 1. The van der Waals surface area contributed by atoms with E-state index in [1.165, 1.54) is 11.8 Å². The molecule has 4 aromatic rings. The molecule has 0 aliphatic carbocycles. The van der Waals surface area contributed by atoms with E-state index in [4.69, 9.17) is 16.6 Å². The van der Waals surface area contributed by atoms with Crippen molar-refractivity contribution in [3.8, 4) is 0 Å². The Kier molecular flexibility index (Phi) is 5.40. The second-order valence-electron chi connectivity index (χ2n) is 6.72. The molecule has 2 aromatic carbocycles. The third-order valence-electron chi connectivity index (χ3n) is 4.94. The van der Waals surface area contributed by atoms with Gasteiger partial charge in [-0.3, -0.25) is 9.59 Å². The average Bonchev–Trinajstić information content (AvgIpc) is 2.76. The topological polar surface area (TPSA) is 75.4 Å². The van der Waals surface area contributed by atoms with Crippen LogP contribution in [0.1, 0.15) is 0 Å². The highest BCUT2D eigenvalue weighted by atomic mass is 35.5. The zero-order valence-electron chi connectivity index (χ0n) is 16.3. The second kappa shape index (κ2) is 8.01. The van der Waals surface area contributed by atoms with Gasteiger partial charge in [-0.1, -0.05) is 29.8 Å². The third-order valence-corrected chi connectivity index (χ3v) is 6.19. The molecule has 0 amide bonds. The number of aromatic nitrogens is 2. The van der Waals surface area contributed by atoms with Gasteiger partial charge in [0, 0.05) is 18.1 Å². The molecular formula is C22H18ClN3O3S. The first-order chi connectivity index (χ1) is 14.4. The summed E-state index contributed by atoms with van der Waals surface area (Å²) in [7, 11) is 1.87. The van der Waals surface area contributed by atoms with Crippen LogP contribution >= 0.6 is 23.4 Å². The van der Waals surface area contributed by atoms with E-state index in [0.717, 1.165) is 5.69 Å². The number of rotatable bonds is 5. The van der Waals surface area contributed by atoms with Gasteiger partial charge in [0.2, 0.25) is 0 Å². The van der Waals surface area contributed by atoms with E-state index >= 15 is 0 Å². The van der Waals surface area contributed by atoms with Gasteiger partial charge in [0.15, 0.2) is 5.43 Å². The minimum absolute atomic E-state index is 0.199. The highest BCUT2D eigenvalue weighted by Gasteiger charge is 2.19. The zero-order chi connectivity index (χ0) is 21.4. The van der Waals surface area contributed by atoms with Crippen LogP contribution in [0.25, 0.3) is 21.9 Å². The molecule has 30 heavy (non-hydrogen) atoms. The monoisotopic (exact) mass is 439 g/mol. The maximum Gasteiger partial charge on any atom is 0.323 e. The van der Waals surface area contributed by atoms with Crippen LogP contribution in [0.5, 0.6) is 0 Å². The number of hydrogen-bond acceptors (Lipinski definition) is 5. The highest BCUT2D eigenvalue weighted by Crippen LogP contribution is 2.34. The van der Waals surface area contributed by atoms with Gasteiger partial charge in [0.1, 0.15) is 18.0 Å². The summed E-state index contributed by atoms with van der Waals surface area (Å²) in [6.07, 6.45) is 1.84. The Morgan fingerprint density at radius 2 is 1.83 bits per heavy atom. The number of pyridine rings is 2. The number of para-hydroxylation sites is 1. The largest absolute Gasteiger partial charge is 0.480 e. The molecule has 0 bridgehead atoms. The number of aliphatic carboxylic acids is 1. The summed E-state index contributed by atoms with van der Waals surface area (Å²) in [6.45, 7) is -0.341. The van der Waals surface area contributed by atoms with Gasteiger partial charge >= 0.3 is 5.97 Å². The van der Waals surface area contributed by atoms with Crippen LogP contribution in [0.4, 0.5) is 11.5 Å². The van der Waals surface area contributed by atoms with Crippen LogP contribution in [0.15, 0.2) is 64.3 Å². The second-order valence-corrected chi connectivity index (χ2v) is 7.94. The van der Waals surface area contributed by atoms with Gasteiger partial charge in [-0.05, 0) is 42.7 Å². The van der Waals surface area contributed by atoms with E-state index < -0.39 is 5.97 Å². The number of fused-ring (bicyclic) bond motifs is 2. The summed E-state index contributed by atoms with van der Waals surface area (Å²) < 4.78 is 1.56. The van der Waals surface area contributed by atoms with Gasteiger partial charge in [-0.25, -0.2) is 4.98 Å². The lowest BCUT2D eigenvalue weighted by Crippen LogP contribution is -2.19. The molecule has 8 heteroatoms. The lowest BCUT2D eigenvalue weighted by molar-refractivity contribution is -0.137. The molecule has 0 spiro atoms. The van der Waals surface area contributed by atoms with E-state index in [1.54, 1.807) is 28.8 Å². The molecule has 2 aromatic heterocycles. The summed E-state index contributed by atoms with van der Waals surface area (Å²) >= 11 is 7.73. The number of hydrogen-bond donors (Lipinski definition) is 1. The SMILES string of the molecule is CSc1c(Cl)ccc2c(=O)c3ccc(N(C)c4ccccc4)nc3n(CC(=O)O)c12. The van der Waals surface area contributed by atoms with Crippen LogP contribution < -0.4 is 10.3 Å². The summed E-state index contributed by atoms with van der Waals surface area (Å²) in [5, 5.41) is 10.8. The van der Waals surface area contributed by atoms with Crippen molar-refractivity contribution in [2.24, 2.45) is 0 Å². The maximum absolute atomic E-state index is 13.2. The number of nitrogens with zero attached hydrogens (tertiary/aromatic N) is 3. The van der Waals surface area contributed by atoms with Crippen molar-refractivity contribution < 1.29 is 9.90 Å². The van der Waals surface area contributed by atoms with E-state index in [1.807, 2.05) is 48.5 Å². The van der Waals surface area contributed by atoms with Crippen LogP contribution in [-0.2, 0) is 11.3 Å². The van der Waals surface area contributed by atoms with Gasteiger partial charge in [0.05, 0.1) is 20.8 Å². The summed E-state index contributed by atoms with van der Waals surface area (Å²) in [4.78, 5) is 32.1. The molecule has 0 saturated carbocycles. The lowest BCUT2D eigenvalue weighted by atomic mass is 10.1. The van der Waals surface area contributed by atoms with Crippen molar-refractivity contribution in [2.75, 3.05) is 18.2 Å². The smallest absolute Gasteiger partial charge is 0.323 e. The standard InChI is InChI=1S/C22H18ClN3O3S/c1-25(13-6-4-3-5-7-13)17-11-9-15-20(29)14-8-10-16(23)21(30-2)19(14)26(12-18(27)28)22(15)24-17/h3-11H,12H2,1-2H3,(H,27,28). The van der Waals surface area contributed by atoms with E-state index in [2.05, 4.69) is 0 Å². The van der Waals surface area contributed by atoms with E-state index in [9.17, 15) is 14.7 Å². The van der Waals surface area contributed by atoms with Gasteiger partial charge in [0.25, 0.3) is 0 Å². The minimum Gasteiger partial charge on any atom is -0.480 e. The number of carbonyl (C=O) groups is 1. The molecule has 0 fully saturated rings. The lowest BCUT2D eigenvalue weighted by Gasteiger charge is -2.20. The van der Waals surface area contributed by atoms with Crippen molar-refractivity contribution in [3.63, 3.8) is 0 Å². The fraction of sp³-hybridized carbons (Fsp3) is 0.136. The van der Waals surface area contributed by atoms with Crippen molar-refractivity contribution in [1.82, 2.24) is 9.55 Å². The fourth-order valence-corrected chi connectivity index (χ4v) is 4.58. The Balaban J connectivity index is 2.08. The van der Waals surface area contributed by atoms with E-state index in [0.29, 0.717) is 37.7 Å². The van der Waals surface area contributed by atoms with Gasteiger partial charge < -0.3 is 14.6 Å². The summed E-state index contributed by atoms with van der Waals surface area (Å²) in [6, 6.07) is 16.4. The molecule has 1 N–H and O–H groups in total. The number of anilines is 2. The highest BCUT2D eigenvalue weighted by molar-refractivity contribution is 7.99. The summed E-state index contributed by atoms with van der Waals surface area (Å²) in [5.74, 6) is -0.434. The first kappa shape index (κ1) is 20.3. The van der Waals surface area contributed by atoms with Gasteiger partial charge in [-0.15, -0.1) is 11.8 Å². The van der Waals surface area contributed by atoms with Crippen molar-refractivity contribution in [3.05, 3.63) is 69.8 Å². The Labute approximate surface area is 181 Å². The Hall–Kier alpha value is -3.03. The number of carboxylic acids is 1. The minimum atomic E-state index is -1.03. The predicted molar refractivity (Wildman–Crippen MR) is 122 cm³/mol. The Morgan fingerprint density at radius 3 is 2.50 bits per heavy atom. The molecule has 6 nitrogen and oxygen atoms in total. The van der Waals surface area contributed by atoms with E-state index in [-0.39, 0.29) is 12.0 Å². The molecule has 0 aliphatic rings. The molecule has 152 valence electrons. The van der Waals surface area contributed by atoms with Crippen LogP contribution in [0.2, 0.25) is 5.02 Å².